The molecule has 4 heteroatoms. The predicted octanol–water partition coefficient (Wildman–Crippen LogP) is 1.89. The lowest BCUT2D eigenvalue weighted by atomic mass is 10.1. The first-order valence-electron chi connectivity index (χ1n) is 5.50. The van der Waals surface area contributed by atoms with Crippen LogP contribution in [0.5, 0.6) is 0 Å². The van der Waals surface area contributed by atoms with Crippen LogP contribution in [0.4, 0.5) is 5.82 Å². The van der Waals surface area contributed by atoms with Crippen LogP contribution in [-0.2, 0) is 13.2 Å². The first kappa shape index (κ1) is 11.5. The van der Waals surface area contributed by atoms with Crippen molar-refractivity contribution in [3.63, 3.8) is 0 Å². The van der Waals surface area contributed by atoms with Gasteiger partial charge < -0.3 is 10.4 Å². The van der Waals surface area contributed by atoms with Crippen LogP contribution < -0.4 is 5.32 Å². The molecule has 0 saturated heterocycles. The number of benzene rings is 1. The monoisotopic (exact) mass is 229 g/mol. The highest BCUT2D eigenvalue weighted by Crippen LogP contribution is 2.09. The first-order valence-corrected chi connectivity index (χ1v) is 5.50. The lowest BCUT2D eigenvalue weighted by molar-refractivity contribution is 0.281. The van der Waals surface area contributed by atoms with Crippen molar-refractivity contribution in [2.45, 2.75) is 20.1 Å². The van der Waals surface area contributed by atoms with Gasteiger partial charge in [-0.15, -0.1) is 5.10 Å². The zero-order valence-corrected chi connectivity index (χ0v) is 9.72. The summed E-state index contributed by atoms with van der Waals surface area (Å²) in [5.74, 6) is 0.763. The van der Waals surface area contributed by atoms with Crippen LogP contribution in [0.25, 0.3) is 0 Å². The van der Waals surface area contributed by atoms with Crippen LogP contribution in [0.15, 0.2) is 36.5 Å². The van der Waals surface area contributed by atoms with E-state index in [1.807, 2.05) is 37.3 Å². The Bertz CT molecular complexity index is 500. The van der Waals surface area contributed by atoms with Crippen LogP contribution in [-0.4, -0.2) is 15.3 Å². The molecule has 1 aromatic heterocycles. The van der Waals surface area contributed by atoms with Gasteiger partial charge in [-0.2, -0.15) is 5.10 Å². The molecule has 1 aromatic carbocycles. The molecular formula is C13H15N3O. The van der Waals surface area contributed by atoms with E-state index < -0.39 is 0 Å². The van der Waals surface area contributed by atoms with E-state index in [1.165, 1.54) is 0 Å². The highest BCUT2D eigenvalue weighted by molar-refractivity contribution is 5.36. The summed E-state index contributed by atoms with van der Waals surface area (Å²) in [5.41, 5.74) is 3.10. The van der Waals surface area contributed by atoms with Gasteiger partial charge in [-0.25, -0.2) is 0 Å². The summed E-state index contributed by atoms with van der Waals surface area (Å²) >= 11 is 0. The average molecular weight is 229 g/mol. The van der Waals surface area contributed by atoms with E-state index in [-0.39, 0.29) is 6.61 Å². The molecule has 88 valence electrons. The second-order valence-corrected chi connectivity index (χ2v) is 3.95. The molecule has 2 aromatic rings. The molecule has 2 N–H and O–H groups in total. The third-order valence-electron chi connectivity index (χ3n) is 2.44. The lowest BCUT2D eigenvalue weighted by Crippen LogP contribution is -2.03. The Kier molecular flexibility index (Phi) is 3.67. The number of aliphatic hydroxyl groups excluding tert-OH is 1. The zero-order valence-electron chi connectivity index (χ0n) is 9.72. The van der Waals surface area contributed by atoms with Crippen molar-refractivity contribution in [3.05, 3.63) is 53.2 Å². The molecule has 0 spiro atoms. The number of hydrogen-bond donors (Lipinski definition) is 2. The molecule has 0 atom stereocenters. The average Bonchev–Trinajstić information content (AvgIpc) is 2.37. The number of aromatic nitrogens is 2. The molecule has 0 aliphatic heterocycles. The van der Waals surface area contributed by atoms with Gasteiger partial charge in [0.25, 0.3) is 0 Å². The number of aryl methyl sites for hydroxylation is 1. The molecule has 0 amide bonds. The topological polar surface area (TPSA) is 58.0 Å². The second kappa shape index (κ2) is 5.41. The van der Waals surface area contributed by atoms with Crippen LogP contribution >= 0.6 is 0 Å². The second-order valence-electron chi connectivity index (χ2n) is 3.95. The van der Waals surface area contributed by atoms with E-state index in [0.717, 1.165) is 22.5 Å². The Labute approximate surface area is 100 Å². The molecule has 2 rings (SSSR count). The van der Waals surface area contributed by atoms with Gasteiger partial charge in [-0.1, -0.05) is 24.3 Å². The Balaban J connectivity index is 2.02. The highest BCUT2D eigenvalue weighted by Gasteiger charge is 1.97. The molecular weight excluding hydrogens is 214 g/mol. The molecule has 0 aliphatic carbocycles. The van der Waals surface area contributed by atoms with Gasteiger partial charge in [0.05, 0.1) is 12.8 Å². The minimum absolute atomic E-state index is 0.0676. The van der Waals surface area contributed by atoms with Crippen LogP contribution in [0, 0.1) is 6.92 Å². The summed E-state index contributed by atoms with van der Waals surface area (Å²) in [6.45, 7) is 2.72. The number of anilines is 1. The summed E-state index contributed by atoms with van der Waals surface area (Å²) < 4.78 is 0. The summed E-state index contributed by atoms with van der Waals surface area (Å²) in [4.78, 5) is 0. The SMILES string of the molecule is Cc1cnnc(NCc2cccc(CO)c2)c1. The maximum absolute atomic E-state index is 9.04. The van der Waals surface area contributed by atoms with E-state index in [0.29, 0.717) is 6.54 Å². The fraction of sp³-hybridized carbons (Fsp3) is 0.231. The van der Waals surface area contributed by atoms with E-state index in [2.05, 4.69) is 15.5 Å². The Hall–Kier alpha value is -1.94. The molecule has 0 saturated carbocycles. The fourth-order valence-corrected chi connectivity index (χ4v) is 1.58. The number of nitrogens with zero attached hydrogens (tertiary/aromatic N) is 2. The van der Waals surface area contributed by atoms with Crippen LogP contribution in [0.3, 0.4) is 0 Å². The van der Waals surface area contributed by atoms with E-state index in [4.69, 9.17) is 5.11 Å². The molecule has 0 fully saturated rings. The molecule has 4 nitrogen and oxygen atoms in total. The minimum atomic E-state index is 0.0676. The van der Waals surface area contributed by atoms with Crippen molar-refractivity contribution >= 4 is 5.82 Å². The van der Waals surface area contributed by atoms with Crippen molar-refractivity contribution < 1.29 is 5.11 Å². The van der Waals surface area contributed by atoms with Crippen LogP contribution in [0.1, 0.15) is 16.7 Å². The van der Waals surface area contributed by atoms with E-state index in [1.54, 1.807) is 6.20 Å². The zero-order chi connectivity index (χ0) is 12.1. The highest BCUT2D eigenvalue weighted by atomic mass is 16.3. The number of aliphatic hydroxyl groups is 1. The van der Waals surface area contributed by atoms with Crippen molar-refractivity contribution in [1.82, 2.24) is 10.2 Å². The standard InChI is InChI=1S/C13H15N3O/c1-10-5-13(16-15-7-10)14-8-11-3-2-4-12(6-11)9-17/h2-7,17H,8-9H2,1H3,(H,14,16). The molecule has 1 heterocycles. The van der Waals surface area contributed by atoms with E-state index >= 15 is 0 Å². The maximum atomic E-state index is 9.04. The summed E-state index contributed by atoms with van der Waals surface area (Å²) in [7, 11) is 0. The Morgan fingerprint density at radius 3 is 2.82 bits per heavy atom. The van der Waals surface area contributed by atoms with Gasteiger partial charge in [-0.3, -0.25) is 0 Å². The van der Waals surface area contributed by atoms with E-state index in [9.17, 15) is 0 Å². The van der Waals surface area contributed by atoms with Gasteiger partial charge in [0.2, 0.25) is 0 Å². The number of rotatable bonds is 4. The molecule has 0 radical (unpaired) electrons. The first-order chi connectivity index (χ1) is 8.28. The summed E-state index contributed by atoms with van der Waals surface area (Å²) in [6, 6.07) is 9.76. The lowest BCUT2D eigenvalue weighted by Gasteiger charge is -2.06. The third-order valence-corrected chi connectivity index (χ3v) is 2.44. The molecule has 17 heavy (non-hydrogen) atoms. The normalized spacial score (nSPS) is 10.2. The van der Waals surface area contributed by atoms with Crippen molar-refractivity contribution in [3.8, 4) is 0 Å². The van der Waals surface area contributed by atoms with Crippen LogP contribution in [0.2, 0.25) is 0 Å². The predicted molar refractivity (Wildman–Crippen MR) is 66.5 cm³/mol. The number of hydrogen-bond acceptors (Lipinski definition) is 4. The quantitative estimate of drug-likeness (QED) is 0.840. The van der Waals surface area contributed by atoms with Gasteiger partial charge in [0.15, 0.2) is 0 Å². The maximum Gasteiger partial charge on any atom is 0.149 e. The fourth-order valence-electron chi connectivity index (χ4n) is 1.58. The van der Waals surface area contributed by atoms with Crippen molar-refractivity contribution in [2.75, 3.05) is 5.32 Å². The summed E-state index contributed by atoms with van der Waals surface area (Å²) in [6.07, 6.45) is 1.72. The van der Waals surface area contributed by atoms with Crippen molar-refractivity contribution in [1.29, 1.82) is 0 Å². The largest absolute Gasteiger partial charge is 0.392 e. The molecule has 0 bridgehead atoms. The van der Waals surface area contributed by atoms with Gasteiger partial charge in [0.1, 0.15) is 5.82 Å². The summed E-state index contributed by atoms with van der Waals surface area (Å²) in [5, 5.41) is 20.1. The Morgan fingerprint density at radius 2 is 2.06 bits per heavy atom. The van der Waals surface area contributed by atoms with Gasteiger partial charge in [0, 0.05) is 6.54 Å². The Morgan fingerprint density at radius 1 is 1.24 bits per heavy atom. The van der Waals surface area contributed by atoms with Crippen molar-refractivity contribution in [2.24, 2.45) is 0 Å². The smallest absolute Gasteiger partial charge is 0.149 e. The molecule has 0 aliphatic rings. The molecule has 0 unspecified atom stereocenters. The number of nitrogens with one attached hydrogen (secondary N) is 1. The van der Waals surface area contributed by atoms with Gasteiger partial charge in [-0.05, 0) is 29.7 Å². The van der Waals surface area contributed by atoms with Gasteiger partial charge >= 0.3 is 0 Å². The minimum Gasteiger partial charge on any atom is -0.392 e. The third kappa shape index (κ3) is 3.26.